The van der Waals surface area contributed by atoms with Crippen LogP contribution in [-0.2, 0) is 6.54 Å². The molecule has 3 aromatic rings. The van der Waals surface area contributed by atoms with Crippen molar-refractivity contribution in [1.29, 1.82) is 0 Å². The molecule has 2 aromatic heterocycles. The maximum absolute atomic E-state index is 12.9. The van der Waals surface area contributed by atoms with Gasteiger partial charge in [-0.15, -0.1) is 11.3 Å². The summed E-state index contributed by atoms with van der Waals surface area (Å²) in [6.45, 7) is 4.38. The molecule has 1 fully saturated rings. The summed E-state index contributed by atoms with van der Waals surface area (Å²) in [5.41, 5.74) is 3.47. The zero-order chi connectivity index (χ0) is 17.1. The molecular weight excluding hydrogens is 332 g/mol. The van der Waals surface area contributed by atoms with Crippen LogP contribution in [0.5, 0.6) is 0 Å². The number of benzene rings is 1. The number of amides is 1. The molecule has 0 saturated carbocycles. The number of pyridine rings is 1. The van der Waals surface area contributed by atoms with Crippen LogP contribution in [-0.4, -0.2) is 51.9 Å². The predicted octanol–water partition coefficient (Wildman–Crippen LogP) is 3.04. The van der Waals surface area contributed by atoms with Gasteiger partial charge in [-0.25, -0.2) is 0 Å². The molecule has 25 heavy (non-hydrogen) atoms. The van der Waals surface area contributed by atoms with E-state index in [1.165, 1.54) is 4.88 Å². The van der Waals surface area contributed by atoms with Gasteiger partial charge in [-0.3, -0.25) is 19.7 Å². The Hall–Kier alpha value is -2.31. The zero-order valence-electron chi connectivity index (χ0n) is 14.0. The van der Waals surface area contributed by atoms with Crippen LogP contribution in [0.25, 0.3) is 10.9 Å². The highest BCUT2D eigenvalue weighted by atomic mass is 32.1. The van der Waals surface area contributed by atoms with Gasteiger partial charge < -0.3 is 4.90 Å². The Morgan fingerprint density at radius 3 is 2.92 bits per heavy atom. The lowest BCUT2D eigenvalue weighted by Gasteiger charge is -2.21. The summed E-state index contributed by atoms with van der Waals surface area (Å²) in [6.07, 6.45) is 4.62. The fraction of sp³-hybridized carbons (Fsp3) is 0.316. The number of carbonyl (C=O) groups excluding carboxylic acids is 1. The number of fused-ring (bicyclic) bond motifs is 1. The molecule has 1 aromatic carbocycles. The van der Waals surface area contributed by atoms with E-state index in [0.29, 0.717) is 5.56 Å². The van der Waals surface area contributed by atoms with Crippen LogP contribution in [0.2, 0.25) is 0 Å². The molecule has 0 spiro atoms. The molecular formula is C19H20N4OS. The van der Waals surface area contributed by atoms with E-state index in [-0.39, 0.29) is 5.91 Å². The topological polar surface area (TPSA) is 49.3 Å². The van der Waals surface area contributed by atoms with E-state index in [4.69, 9.17) is 0 Å². The third-order valence-corrected chi connectivity index (χ3v) is 5.34. The first-order chi connectivity index (χ1) is 12.3. The Balaban J connectivity index is 1.44. The quantitative estimate of drug-likeness (QED) is 0.727. The maximum Gasteiger partial charge on any atom is 0.255 e. The van der Waals surface area contributed by atoms with Gasteiger partial charge in [-0.05, 0) is 18.6 Å². The van der Waals surface area contributed by atoms with E-state index in [0.717, 1.165) is 50.0 Å². The van der Waals surface area contributed by atoms with Crippen LogP contribution in [0.15, 0.2) is 48.2 Å². The molecule has 128 valence electrons. The Kier molecular flexibility index (Phi) is 4.72. The molecule has 1 amide bonds. The van der Waals surface area contributed by atoms with Crippen LogP contribution in [0.3, 0.4) is 0 Å². The lowest BCUT2D eigenvalue weighted by atomic mass is 10.1. The van der Waals surface area contributed by atoms with E-state index < -0.39 is 0 Å². The minimum Gasteiger partial charge on any atom is -0.337 e. The highest BCUT2D eigenvalue weighted by Crippen LogP contribution is 2.16. The molecule has 5 nitrogen and oxygen atoms in total. The number of aromatic nitrogens is 2. The number of nitrogens with zero attached hydrogens (tertiary/aromatic N) is 4. The average molecular weight is 352 g/mol. The maximum atomic E-state index is 12.9. The Morgan fingerprint density at radius 1 is 1.12 bits per heavy atom. The number of carbonyl (C=O) groups is 1. The van der Waals surface area contributed by atoms with Crippen LogP contribution in [0, 0.1) is 0 Å². The first-order valence-corrected chi connectivity index (χ1v) is 9.41. The summed E-state index contributed by atoms with van der Waals surface area (Å²) in [4.78, 5) is 27.1. The summed E-state index contributed by atoms with van der Waals surface area (Å²) in [6, 6.07) is 9.85. The first kappa shape index (κ1) is 16.2. The normalized spacial score (nSPS) is 16.1. The van der Waals surface area contributed by atoms with Gasteiger partial charge in [0.1, 0.15) is 0 Å². The Bertz CT molecular complexity index is 865. The summed E-state index contributed by atoms with van der Waals surface area (Å²) in [5, 5.41) is 1.01. The number of para-hydroxylation sites is 1. The SMILES string of the molecule is O=C(c1cnc2ccccc2c1)N1CCCN(Cc2cncs2)CC1. The molecule has 0 N–H and O–H groups in total. The highest BCUT2D eigenvalue weighted by Gasteiger charge is 2.21. The second-order valence-corrected chi connectivity index (χ2v) is 7.28. The molecule has 0 unspecified atom stereocenters. The standard InChI is InChI=1S/C19H20N4OS/c24-19(16-10-15-4-1-2-5-18(15)21-11-16)23-7-3-6-22(8-9-23)13-17-12-20-14-25-17/h1-2,4-5,10-12,14H,3,6-9,13H2. The average Bonchev–Trinajstić information content (AvgIpc) is 3.05. The van der Waals surface area contributed by atoms with Crippen molar-refractivity contribution in [3.63, 3.8) is 0 Å². The molecule has 1 aliphatic rings. The van der Waals surface area contributed by atoms with Crippen molar-refractivity contribution >= 4 is 28.1 Å². The zero-order valence-corrected chi connectivity index (χ0v) is 14.8. The second kappa shape index (κ2) is 7.29. The van der Waals surface area contributed by atoms with Crippen LogP contribution >= 0.6 is 11.3 Å². The van der Waals surface area contributed by atoms with Gasteiger partial charge in [0, 0.05) is 55.4 Å². The fourth-order valence-electron chi connectivity index (χ4n) is 3.24. The van der Waals surface area contributed by atoms with Gasteiger partial charge in [0.25, 0.3) is 5.91 Å². The number of hydrogen-bond donors (Lipinski definition) is 0. The van der Waals surface area contributed by atoms with E-state index in [1.807, 2.05) is 46.9 Å². The summed E-state index contributed by atoms with van der Waals surface area (Å²) in [7, 11) is 0. The van der Waals surface area contributed by atoms with Crippen LogP contribution in [0.4, 0.5) is 0 Å². The minimum atomic E-state index is 0.0814. The van der Waals surface area contributed by atoms with E-state index in [2.05, 4.69) is 14.9 Å². The van der Waals surface area contributed by atoms with Crippen LogP contribution < -0.4 is 0 Å². The number of thiazole rings is 1. The van der Waals surface area contributed by atoms with Crippen molar-refractivity contribution < 1.29 is 4.79 Å². The lowest BCUT2D eigenvalue weighted by molar-refractivity contribution is 0.0761. The van der Waals surface area contributed by atoms with Crippen molar-refractivity contribution in [2.45, 2.75) is 13.0 Å². The van der Waals surface area contributed by atoms with Gasteiger partial charge in [-0.2, -0.15) is 0 Å². The second-order valence-electron chi connectivity index (χ2n) is 6.31. The lowest BCUT2D eigenvalue weighted by Crippen LogP contribution is -2.35. The van der Waals surface area contributed by atoms with Crippen molar-refractivity contribution in [3.8, 4) is 0 Å². The molecule has 1 saturated heterocycles. The molecule has 0 radical (unpaired) electrons. The van der Waals surface area contributed by atoms with Crippen molar-refractivity contribution in [3.05, 3.63) is 58.7 Å². The van der Waals surface area contributed by atoms with E-state index in [9.17, 15) is 4.79 Å². The van der Waals surface area contributed by atoms with Gasteiger partial charge in [0.05, 0.1) is 16.6 Å². The third kappa shape index (κ3) is 3.70. The Labute approximate surface area is 150 Å². The molecule has 0 aliphatic carbocycles. The molecule has 6 heteroatoms. The molecule has 1 aliphatic heterocycles. The Morgan fingerprint density at radius 2 is 2.04 bits per heavy atom. The smallest absolute Gasteiger partial charge is 0.255 e. The minimum absolute atomic E-state index is 0.0814. The summed E-state index contributed by atoms with van der Waals surface area (Å²) >= 11 is 1.69. The fourth-order valence-corrected chi connectivity index (χ4v) is 3.88. The van der Waals surface area contributed by atoms with Crippen molar-refractivity contribution in [2.75, 3.05) is 26.2 Å². The molecule has 0 bridgehead atoms. The molecule has 3 heterocycles. The first-order valence-electron chi connectivity index (χ1n) is 8.53. The van der Waals surface area contributed by atoms with Gasteiger partial charge in [0.15, 0.2) is 0 Å². The van der Waals surface area contributed by atoms with Crippen molar-refractivity contribution in [2.24, 2.45) is 0 Å². The summed E-state index contributed by atoms with van der Waals surface area (Å²) < 4.78 is 0. The van der Waals surface area contributed by atoms with E-state index in [1.54, 1.807) is 17.5 Å². The molecule has 4 rings (SSSR count). The largest absolute Gasteiger partial charge is 0.337 e. The van der Waals surface area contributed by atoms with Gasteiger partial charge in [-0.1, -0.05) is 18.2 Å². The molecule has 0 atom stereocenters. The number of hydrogen-bond acceptors (Lipinski definition) is 5. The highest BCUT2D eigenvalue weighted by molar-refractivity contribution is 7.09. The van der Waals surface area contributed by atoms with Gasteiger partial charge >= 0.3 is 0 Å². The monoisotopic (exact) mass is 352 g/mol. The van der Waals surface area contributed by atoms with E-state index >= 15 is 0 Å². The predicted molar refractivity (Wildman–Crippen MR) is 99.7 cm³/mol. The van der Waals surface area contributed by atoms with Gasteiger partial charge in [0.2, 0.25) is 0 Å². The summed E-state index contributed by atoms with van der Waals surface area (Å²) in [5.74, 6) is 0.0814. The van der Waals surface area contributed by atoms with Crippen LogP contribution in [0.1, 0.15) is 21.7 Å². The number of rotatable bonds is 3. The third-order valence-electron chi connectivity index (χ3n) is 4.58. The van der Waals surface area contributed by atoms with Crippen molar-refractivity contribution in [1.82, 2.24) is 19.8 Å².